The molecule has 0 N–H and O–H groups in total. The van der Waals surface area contributed by atoms with Gasteiger partial charge in [0, 0.05) is 29.1 Å². The normalized spacial score (nSPS) is 17.1. The van der Waals surface area contributed by atoms with E-state index in [4.69, 9.17) is 4.42 Å². The van der Waals surface area contributed by atoms with E-state index in [-0.39, 0.29) is 23.9 Å². The van der Waals surface area contributed by atoms with Gasteiger partial charge in [-0.25, -0.2) is 4.39 Å². The van der Waals surface area contributed by atoms with Gasteiger partial charge in [0.2, 0.25) is 0 Å². The number of rotatable bonds is 5. The molecule has 1 aliphatic heterocycles. The van der Waals surface area contributed by atoms with Crippen molar-refractivity contribution in [3.63, 3.8) is 0 Å². The summed E-state index contributed by atoms with van der Waals surface area (Å²) in [5.41, 5.74) is 2.75. The molecule has 0 saturated carbocycles. The van der Waals surface area contributed by atoms with Crippen LogP contribution in [0.2, 0.25) is 0 Å². The molecular weight excluding hydrogens is 455 g/mol. The van der Waals surface area contributed by atoms with Gasteiger partial charge in [0.05, 0.1) is 12.3 Å². The van der Waals surface area contributed by atoms with Crippen LogP contribution in [0.3, 0.4) is 0 Å². The maximum Gasteiger partial charge on any atom is 0.258 e. The molecule has 5 nitrogen and oxygen atoms in total. The Balaban J connectivity index is 1.55. The lowest BCUT2D eigenvalue weighted by molar-refractivity contribution is -0.114. The number of para-hydroxylation sites is 2. The summed E-state index contributed by atoms with van der Waals surface area (Å²) in [5, 5.41) is 0. The fraction of sp³-hybridized carbons (Fsp3) is 0.133. The maximum absolute atomic E-state index is 13.8. The Morgan fingerprint density at radius 2 is 1.67 bits per heavy atom. The largest absolute Gasteiger partial charge is 0.465 e. The van der Waals surface area contributed by atoms with Crippen molar-refractivity contribution in [3.05, 3.63) is 126 Å². The predicted molar refractivity (Wildman–Crippen MR) is 138 cm³/mol. The van der Waals surface area contributed by atoms with E-state index in [9.17, 15) is 14.0 Å². The van der Waals surface area contributed by atoms with Gasteiger partial charge in [-0.3, -0.25) is 9.59 Å². The molecule has 6 heteroatoms. The number of furan rings is 1. The SMILES string of the molecule is C[C@@H]1C[C@H](N(C(=O)c2ccc(F)cc2)c2ccccc2)c2ccccc2N1C(=O)/C=C/c1ccco1. The van der Waals surface area contributed by atoms with E-state index in [1.807, 2.05) is 61.5 Å². The van der Waals surface area contributed by atoms with Crippen molar-refractivity contribution in [2.45, 2.75) is 25.4 Å². The zero-order valence-corrected chi connectivity index (χ0v) is 19.8. The van der Waals surface area contributed by atoms with Gasteiger partial charge >= 0.3 is 0 Å². The second kappa shape index (κ2) is 10.0. The molecule has 0 fully saturated rings. The monoisotopic (exact) mass is 480 g/mol. The van der Waals surface area contributed by atoms with Gasteiger partial charge < -0.3 is 14.2 Å². The summed E-state index contributed by atoms with van der Waals surface area (Å²) in [6.45, 7) is 1.98. The topological polar surface area (TPSA) is 53.8 Å². The van der Waals surface area contributed by atoms with Crippen LogP contribution in [0.4, 0.5) is 15.8 Å². The molecule has 5 rings (SSSR count). The molecule has 2 atom stereocenters. The number of carbonyl (C=O) groups is 2. The lowest BCUT2D eigenvalue weighted by Crippen LogP contribution is -2.47. The van der Waals surface area contributed by atoms with Crippen molar-refractivity contribution in [1.29, 1.82) is 0 Å². The molecule has 0 radical (unpaired) electrons. The Kier molecular flexibility index (Phi) is 6.50. The Morgan fingerprint density at radius 1 is 0.944 bits per heavy atom. The molecule has 0 aliphatic carbocycles. The minimum absolute atomic E-state index is 0.166. The summed E-state index contributed by atoms with van der Waals surface area (Å²) in [6, 6.07) is 25.7. The van der Waals surface area contributed by atoms with Crippen LogP contribution in [0.15, 0.2) is 108 Å². The highest BCUT2D eigenvalue weighted by atomic mass is 19.1. The second-order valence-corrected chi connectivity index (χ2v) is 8.73. The van der Waals surface area contributed by atoms with E-state index < -0.39 is 5.82 Å². The van der Waals surface area contributed by atoms with Crippen molar-refractivity contribution in [2.24, 2.45) is 0 Å². The summed E-state index contributed by atoms with van der Waals surface area (Å²) < 4.78 is 18.9. The molecule has 180 valence electrons. The highest BCUT2D eigenvalue weighted by Crippen LogP contribution is 2.42. The van der Waals surface area contributed by atoms with Crippen molar-refractivity contribution in [1.82, 2.24) is 0 Å². The summed E-state index contributed by atoms with van der Waals surface area (Å²) in [5.74, 6) is -0.197. The van der Waals surface area contributed by atoms with Gasteiger partial charge in [-0.1, -0.05) is 36.4 Å². The Morgan fingerprint density at radius 3 is 2.39 bits per heavy atom. The summed E-state index contributed by atoms with van der Waals surface area (Å²) >= 11 is 0. The summed E-state index contributed by atoms with van der Waals surface area (Å²) in [7, 11) is 0. The lowest BCUT2D eigenvalue weighted by atomic mass is 9.89. The first kappa shape index (κ1) is 23.3. The van der Waals surface area contributed by atoms with Gasteiger partial charge in [0.15, 0.2) is 0 Å². The average molecular weight is 481 g/mol. The number of carbonyl (C=O) groups excluding carboxylic acids is 2. The molecule has 4 aromatic rings. The van der Waals surface area contributed by atoms with Crippen molar-refractivity contribution in [3.8, 4) is 0 Å². The third-order valence-corrected chi connectivity index (χ3v) is 6.39. The van der Waals surface area contributed by atoms with Crippen LogP contribution in [0.25, 0.3) is 6.08 Å². The number of halogens is 1. The van der Waals surface area contributed by atoms with Gasteiger partial charge in [-0.15, -0.1) is 0 Å². The molecule has 1 aromatic heterocycles. The van der Waals surface area contributed by atoms with E-state index >= 15 is 0 Å². The predicted octanol–water partition coefficient (Wildman–Crippen LogP) is 6.65. The zero-order valence-electron chi connectivity index (χ0n) is 19.8. The first-order valence-corrected chi connectivity index (χ1v) is 11.8. The smallest absolute Gasteiger partial charge is 0.258 e. The third-order valence-electron chi connectivity index (χ3n) is 6.39. The first-order chi connectivity index (χ1) is 17.5. The number of amides is 2. The Hall–Kier alpha value is -4.45. The lowest BCUT2D eigenvalue weighted by Gasteiger charge is -2.43. The van der Waals surface area contributed by atoms with Gasteiger partial charge in [0.25, 0.3) is 11.8 Å². The van der Waals surface area contributed by atoms with Crippen LogP contribution in [0, 0.1) is 5.82 Å². The van der Waals surface area contributed by atoms with E-state index in [1.165, 1.54) is 30.3 Å². The number of anilines is 2. The molecule has 1 aliphatic rings. The molecule has 0 unspecified atom stereocenters. The van der Waals surface area contributed by atoms with Crippen LogP contribution in [0.1, 0.15) is 41.1 Å². The van der Waals surface area contributed by atoms with Gasteiger partial charge in [-0.2, -0.15) is 0 Å². The van der Waals surface area contributed by atoms with E-state index in [1.54, 1.807) is 34.3 Å². The zero-order chi connectivity index (χ0) is 25.1. The number of nitrogens with zero attached hydrogens (tertiary/aromatic N) is 2. The van der Waals surface area contributed by atoms with Crippen LogP contribution >= 0.6 is 0 Å². The molecule has 2 heterocycles. The minimum atomic E-state index is -0.397. The fourth-order valence-electron chi connectivity index (χ4n) is 4.74. The fourth-order valence-corrected chi connectivity index (χ4v) is 4.74. The minimum Gasteiger partial charge on any atom is -0.465 e. The number of benzene rings is 3. The molecule has 0 bridgehead atoms. The van der Waals surface area contributed by atoms with Crippen LogP contribution in [0.5, 0.6) is 0 Å². The third kappa shape index (κ3) is 4.58. The molecule has 36 heavy (non-hydrogen) atoms. The molecular formula is C30H25FN2O3. The van der Waals surface area contributed by atoms with Crippen molar-refractivity contribution in [2.75, 3.05) is 9.80 Å². The molecule has 3 aromatic carbocycles. The Labute approximate surface area is 209 Å². The number of fused-ring (bicyclic) bond motifs is 1. The van der Waals surface area contributed by atoms with E-state index in [0.29, 0.717) is 17.7 Å². The maximum atomic E-state index is 13.8. The van der Waals surface area contributed by atoms with Crippen LogP contribution in [-0.2, 0) is 4.79 Å². The van der Waals surface area contributed by atoms with Crippen LogP contribution in [-0.4, -0.2) is 17.9 Å². The average Bonchev–Trinajstić information content (AvgIpc) is 3.42. The highest BCUT2D eigenvalue weighted by Gasteiger charge is 2.38. The standard InChI is InChI=1S/C30H25FN2O3/c1-21-20-28(33(24-8-3-2-4-9-24)30(35)22-13-15-23(31)16-14-22)26-11-5-6-12-27(26)32(21)29(34)18-17-25-10-7-19-36-25/h2-19,21,28H,20H2,1H3/b18-17+/t21-,28+/m1/s1. The molecule has 0 saturated heterocycles. The van der Waals surface area contributed by atoms with E-state index in [0.717, 1.165) is 16.9 Å². The second-order valence-electron chi connectivity index (χ2n) is 8.73. The molecule has 0 spiro atoms. The number of hydrogen-bond acceptors (Lipinski definition) is 3. The molecule has 2 amide bonds. The number of hydrogen-bond donors (Lipinski definition) is 0. The van der Waals surface area contributed by atoms with E-state index in [2.05, 4.69) is 0 Å². The van der Waals surface area contributed by atoms with Gasteiger partial charge in [0.1, 0.15) is 11.6 Å². The van der Waals surface area contributed by atoms with Crippen molar-refractivity contribution >= 4 is 29.3 Å². The summed E-state index contributed by atoms with van der Waals surface area (Å²) in [4.78, 5) is 30.6. The highest BCUT2D eigenvalue weighted by molar-refractivity contribution is 6.08. The Bertz CT molecular complexity index is 1380. The summed E-state index contributed by atoms with van der Waals surface area (Å²) in [6.07, 6.45) is 5.24. The van der Waals surface area contributed by atoms with Crippen LogP contribution < -0.4 is 9.80 Å². The van der Waals surface area contributed by atoms with Gasteiger partial charge in [-0.05, 0) is 79.6 Å². The first-order valence-electron chi connectivity index (χ1n) is 11.8. The quantitative estimate of drug-likeness (QED) is 0.301. The van der Waals surface area contributed by atoms with Crippen molar-refractivity contribution < 1.29 is 18.4 Å².